The molecule has 0 saturated carbocycles. The number of amides is 1. The highest BCUT2D eigenvalue weighted by Gasteiger charge is 2.12. The van der Waals surface area contributed by atoms with Gasteiger partial charge in [-0.2, -0.15) is 0 Å². The summed E-state index contributed by atoms with van der Waals surface area (Å²) >= 11 is 1.35. The Morgan fingerprint density at radius 1 is 1.00 bits per heavy atom. The first-order valence-electron chi connectivity index (χ1n) is 7.77. The zero-order chi connectivity index (χ0) is 17.2. The maximum absolute atomic E-state index is 12.2. The van der Waals surface area contributed by atoms with Crippen molar-refractivity contribution in [2.24, 2.45) is 0 Å². The van der Waals surface area contributed by atoms with Crippen molar-refractivity contribution in [3.8, 4) is 11.3 Å². The third-order valence-electron chi connectivity index (χ3n) is 3.79. The number of thiazole rings is 1. The summed E-state index contributed by atoms with van der Waals surface area (Å²) in [5.41, 5.74) is 4.28. The molecular weight excluding hydrogens is 332 g/mol. The third kappa shape index (κ3) is 3.12. The van der Waals surface area contributed by atoms with Crippen LogP contribution in [0.3, 0.4) is 0 Å². The van der Waals surface area contributed by atoms with Crippen molar-refractivity contribution in [3.63, 3.8) is 0 Å². The summed E-state index contributed by atoms with van der Waals surface area (Å²) in [6.45, 7) is 2.06. The number of fused-ring (bicyclic) bond motifs is 1. The maximum atomic E-state index is 12.2. The molecule has 6 heteroatoms. The van der Waals surface area contributed by atoms with Crippen molar-refractivity contribution in [1.29, 1.82) is 0 Å². The van der Waals surface area contributed by atoms with E-state index in [1.807, 2.05) is 30.3 Å². The van der Waals surface area contributed by atoms with Gasteiger partial charge in [0.15, 0.2) is 5.13 Å². The van der Waals surface area contributed by atoms with Crippen LogP contribution in [0.15, 0.2) is 60.8 Å². The Labute approximate surface area is 148 Å². The number of carbonyl (C=O) groups is 1. The lowest BCUT2D eigenvalue weighted by molar-refractivity contribution is 0.102. The van der Waals surface area contributed by atoms with Crippen molar-refractivity contribution in [3.05, 3.63) is 72.1 Å². The summed E-state index contributed by atoms with van der Waals surface area (Å²) in [5, 5.41) is 3.30. The van der Waals surface area contributed by atoms with Crippen LogP contribution in [0.25, 0.3) is 21.6 Å². The molecular formula is C19H14N4OS. The number of anilines is 1. The molecule has 0 unspecified atom stereocenters. The second-order valence-corrected chi connectivity index (χ2v) is 6.50. The minimum absolute atomic E-state index is 0.279. The van der Waals surface area contributed by atoms with E-state index in [1.54, 1.807) is 24.4 Å². The molecule has 0 bridgehead atoms. The minimum atomic E-state index is -0.279. The molecule has 0 fully saturated rings. The summed E-state index contributed by atoms with van der Waals surface area (Å²) < 4.78 is 0. The fourth-order valence-electron chi connectivity index (χ4n) is 2.54. The largest absolute Gasteiger partial charge is 0.296 e. The highest BCUT2D eigenvalue weighted by molar-refractivity contribution is 7.22. The van der Waals surface area contributed by atoms with Gasteiger partial charge in [-0.3, -0.25) is 15.1 Å². The molecule has 1 amide bonds. The summed E-state index contributed by atoms with van der Waals surface area (Å²) in [7, 11) is 0. The first kappa shape index (κ1) is 15.4. The quantitative estimate of drug-likeness (QED) is 0.600. The van der Waals surface area contributed by atoms with Crippen LogP contribution < -0.4 is 5.32 Å². The van der Waals surface area contributed by atoms with Crippen molar-refractivity contribution >= 4 is 32.7 Å². The molecule has 3 heterocycles. The average Bonchev–Trinajstić information content (AvgIpc) is 3.04. The standard InChI is InChI=1S/C19H14N4OS/c1-12-6-2-3-7-13(12)14-9-10-16-18(21-14)25-19(22-16)23-17(24)15-8-4-5-11-20-15/h2-11H,1H3,(H,22,23,24). The van der Waals surface area contributed by atoms with Gasteiger partial charge in [-0.1, -0.05) is 41.7 Å². The van der Waals surface area contributed by atoms with Gasteiger partial charge in [-0.15, -0.1) is 0 Å². The molecule has 122 valence electrons. The molecule has 0 spiro atoms. The Kier molecular flexibility index (Phi) is 3.95. The van der Waals surface area contributed by atoms with Gasteiger partial charge in [0, 0.05) is 11.8 Å². The minimum Gasteiger partial charge on any atom is -0.296 e. The molecule has 25 heavy (non-hydrogen) atoms. The lowest BCUT2D eigenvalue weighted by Crippen LogP contribution is -2.12. The summed E-state index contributed by atoms with van der Waals surface area (Å²) in [4.78, 5) is 26.2. The Balaban J connectivity index is 1.65. The van der Waals surface area contributed by atoms with Crippen LogP contribution in [0.1, 0.15) is 16.1 Å². The van der Waals surface area contributed by atoms with Crippen LogP contribution in [-0.2, 0) is 0 Å². The van der Waals surface area contributed by atoms with Crippen molar-refractivity contribution in [2.45, 2.75) is 6.92 Å². The highest BCUT2D eigenvalue weighted by Crippen LogP contribution is 2.28. The van der Waals surface area contributed by atoms with Gasteiger partial charge >= 0.3 is 0 Å². The molecule has 4 aromatic rings. The first-order valence-corrected chi connectivity index (χ1v) is 8.58. The number of nitrogens with one attached hydrogen (secondary N) is 1. The molecule has 0 aliphatic carbocycles. The number of aryl methyl sites for hydroxylation is 1. The number of rotatable bonds is 3. The smallest absolute Gasteiger partial charge is 0.276 e. The molecule has 5 nitrogen and oxygen atoms in total. The number of hydrogen-bond donors (Lipinski definition) is 1. The number of aromatic nitrogens is 3. The van der Waals surface area contributed by atoms with E-state index in [0.29, 0.717) is 10.8 Å². The third-order valence-corrected chi connectivity index (χ3v) is 4.68. The van der Waals surface area contributed by atoms with Gasteiger partial charge in [-0.05, 0) is 36.8 Å². The Morgan fingerprint density at radius 3 is 2.64 bits per heavy atom. The van der Waals surface area contributed by atoms with Crippen LogP contribution in [0.2, 0.25) is 0 Å². The van der Waals surface area contributed by atoms with Crippen LogP contribution in [0.5, 0.6) is 0 Å². The molecule has 1 N–H and O–H groups in total. The topological polar surface area (TPSA) is 67.8 Å². The van der Waals surface area contributed by atoms with E-state index in [1.165, 1.54) is 16.9 Å². The summed E-state index contributed by atoms with van der Waals surface area (Å²) in [5.74, 6) is -0.279. The van der Waals surface area contributed by atoms with Gasteiger partial charge in [0.05, 0.1) is 5.69 Å². The van der Waals surface area contributed by atoms with Crippen LogP contribution in [0.4, 0.5) is 5.13 Å². The van der Waals surface area contributed by atoms with E-state index in [9.17, 15) is 4.79 Å². The summed E-state index contributed by atoms with van der Waals surface area (Å²) in [6.07, 6.45) is 1.59. The van der Waals surface area contributed by atoms with Gasteiger partial charge in [0.2, 0.25) is 0 Å². The number of benzene rings is 1. The second kappa shape index (κ2) is 6.41. The lowest BCUT2D eigenvalue weighted by atomic mass is 10.1. The first-order chi connectivity index (χ1) is 12.2. The van der Waals surface area contributed by atoms with Crippen LogP contribution >= 0.6 is 11.3 Å². The van der Waals surface area contributed by atoms with E-state index in [0.717, 1.165) is 21.6 Å². The van der Waals surface area contributed by atoms with Crippen molar-refractivity contribution in [2.75, 3.05) is 5.32 Å². The zero-order valence-electron chi connectivity index (χ0n) is 13.4. The monoisotopic (exact) mass is 346 g/mol. The number of nitrogens with zero attached hydrogens (tertiary/aromatic N) is 3. The van der Waals surface area contributed by atoms with E-state index < -0.39 is 0 Å². The fourth-order valence-corrected chi connectivity index (χ4v) is 3.37. The van der Waals surface area contributed by atoms with Gasteiger partial charge < -0.3 is 0 Å². The number of hydrogen-bond acceptors (Lipinski definition) is 5. The zero-order valence-corrected chi connectivity index (χ0v) is 14.2. The Hall–Kier alpha value is -3.12. The van der Waals surface area contributed by atoms with Crippen molar-refractivity contribution in [1.82, 2.24) is 15.0 Å². The molecule has 0 aliphatic heterocycles. The van der Waals surface area contributed by atoms with Gasteiger partial charge in [0.25, 0.3) is 5.91 Å². The number of carbonyl (C=O) groups excluding carboxylic acids is 1. The SMILES string of the molecule is Cc1ccccc1-c1ccc2nc(NC(=O)c3ccccn3)sc2n1. The van der Waals surface area contributed by atoms with E-state index in [2.05, 4.69) is 28.3 Å². The molecule has 0 atom stereocenters. The van der Waals surface area contributed by atoms with E-state index >= 15 is 0 Å². The predicted octanol–water partition coefficient (Wildman–Crippen LogP) is 4.31. The predicted molar refractivity (Wildman–Crippen MR) is 99.8 cm³/mol. The second-order valence-electron chi connectivity index (χ2n) is 5.52. The molecule has 1 aromatic carbocycles. The fraction of sp³-hybridized carbons (Fsp3) is 0.0526. The number of pyridine rings is 2. The van der Waals surface area contributed by atoms with E-state index in [-0.39, 0.29) is 5.91 Å². The Bertz CT molecular complexity index is 1060. The van der Waals surface area contributed by atoms with Crippen LogP contribution in [0, 0.1) is 6.92 Å². The molecule has 4 rings (SSSR count). The molecule has 0 saturated heterocycles. The lowest BCUT2D eigenvalue weighted by Gasteiger charge is -2.03. The van der Waals surface area contributed by atoms with Crippen LogP contribution in [-0.4, -0.2) is 20.9 Å². The van der Waals surface area contributed by atoms with Gasteiger partial charge in [0.1, 0.15) is 16.0 Å². The average molecular weight is 346 g/mol. The highest BCUT2D eigenvalue weighted by atomic mass is 32.1. The molecule has 0 aliphatic rings. The molecule has 0 radical (unpaired) electrons. The molecule has 3 aromatic heterocycles. The summed E-state index contributed by atoms with van der Waals surface area (Å²) in [6, 6.07) is 17.2. The van der Waals surface area contributed by atoms with E-state index in [4.69, 9.17) is 4.98 Å². The van der Waals surface area contributed by atoms with Gasteiger partial charge in [-0.25, -0.2) is 9.97 Å². The Morgan fingerprint density at radius 2 is 1.84 bits per heavy atom. The normalized spacial score (nSPS) is 10.8. The van der Waals surface area contributed by atoms with Crippen molar-refractivity contribution < 1.29 is 4.79 Å². The maximum Gasteiger partial charge on any atom is 0.276 e.